The molecule has 0 aliphatic heterocycles. The van der Waals surface area contributed by atoms with E-state index in [9.17, 15) is 4.39 Å². The molecule has 0 saturated heterocycles. The molecule has 0 saturated carbocycles. The molecular formula is C14H8FN3O. The summed E-state index contributed by atoms with van der Waals surface area (Å²) < 4.78 is 18.9. The maximum absolute atomic E-state index is 13.6. The maximum Gasteiger partial charge on any atom is 0.167 e. The molecule has 19 heavy (non-hydrogen) atoms. The lowest BCUT2D eigenvalue weighted by Gasteiger charge is -2.08. The van der Waals surface area contributed by atoms with E-state index in [1.165, 1.54) is 30.3 Å². The van der Waals surface area contributed by atoms with Crippen molar-refractivity contribution >= 4 is 5.69 Å². The molecule has 0 heterocycles. The van der Waals surface area contributed by atoms with Crippen LogP contribution in [0.1, 0.15) is 11.1 Å². The van der Waals surface area contributed by atoms with Crippen molar-refractivity contribution in [3.63, 3.8) is 0 Å². The van der Waals surface area contributed by atoms with Crippen molar-refractivity contribution in [2.75, 3.05) is 5.73 Å². The van der Waals surface area contributed by atoms with Gasteiger partial charge in [-0.1, -0.05) is 0 Å². The number of halogens is 1. The van der Waals surface area contributed by atoms with Gasteiger partial charge in [0, 0.05) is 11.8 Å². The number of ether oxygens (including phenoxy) is 1. The molecule has 0 aromatic heterocycles. The molecule has 0 spiro atoms. The second kappa shape index (κ2) is 5.07. The first kappa shape index (κ1) is 12.4. The fraction of sp³-hybridized carbons (Fsp3) is 0. The smallest absolute Gasteiger partial charge is 0.167 e. The molecule has 2 aromatic rings. The van der Waals surface area contributed by atoms with E-state index >= 15 is 0 Å². The fourth-order valence-electron chi connectivity index (χ4n) is 1.48. The average Bonchev–Trinajstić information content (AvgIpc) is 2.43. The molecule has 0 bridgehead atoms. The molecular weight excluding hydrogens is 245 g/mol. The Bertz CT molecular complexity index is 714. The molecule has 2 rings (SSSR count). The highest BCUT2D eigenvalue weighted by Gasteiger charge is 2.07. The second-order valence-electron chi connectivity index (χ2n) is 3.72. The molecule has 0 fully saturated rings. The van der Waals surface area contributed by atoms with Crippen LogP contribution in [0.15, 0.2) is 36.4 Å². The number of nitrogen functional groups attached to an aromatic ring is 1. The van der Waals surface area contributed by atoms with Crippen LogP contribution >= 0.6 is 0 Å². The van der Waals surface area contributed by atoms with Crippen molar-refractivity contribution in [3.8, 4) is 23.6 Å². The predicted octanol–water partition coefficient (Wildman–Crippen LogP) is 2.94. The lowest BCUT2D eigenvalue weighted by atomic mass is 10.2. The number of rotatable bonds is 2. The topological polar surface area (TPSA) is 82.8 Å². The summed E-state index contributed by atoms with van der Waals surface area (Å²) in [6.45, 7) is 0. The highest BCUT2D eigenvalue weighted by atomic mass is 19.1. The summed E-state index contributed by atoms with van der Waals surface area (Å²) in [4.78, 5) is 0. The lowest BCUT2D eigenvalue weighted by Crippen LogP contribution is -1.93. The van der Waals surface area contributed by atoms with Crippen LogP contribution in [-0.2, 0) is 0 Å². The standard InChI is InChI=1S/C14H8FN3O/c15-12-5-9(7-16)1-4-14(12)19-11-2-3-13(18)10(6-11)8-17/h1-6H,18H2. The van der Waals surface area contributed by atoms with Crippen molar-refractivity contribution in [2.24, 2.45) is 0 Å². The second-order valence-corrected chi connectivity index (χ2v) is 3.72. The van der Waals surface area contributed by atoms with E-state index in [0.29, 0.717) is 11.4 Å². The van der Waals surface area contributed by atoms with Crippen LogP contribution in [0.2, 0.25) is 0 Å². The van der Waals surface area contributed by atoms with Gasteiger partial charge >= 0.3 is 0 Å². The minimum Gasteiger partial charge on any atom is -0.454 e. The van der Waals surface area contributed by atoms with Gasteiger partial charge in [0.15, 0.2) is 11.6 Å². The first-order chi connectivity index (χ1) is 9.13. The number of hydrogen-bond donors (Lipinski definition) is 1. The Kier molecular flexibility index (Phi) is 3.31. The third kappa shape index (κ3) is 2.62. The molecule has 0 radical (unpaired) electrons. The van der Waals surface area contributed by atoms with Crippen LogP contribution in [0.5, 0.6) is 11.5 Å². The molecule has 92 valence electrons. The Morgan fingerprint density at radius 3 is 2.47 bits per heavy atom. The van der Waals surface area contributed by atoms with Gasteiger partial charge in [-0.25, -0.2) is 4.39 Å². The molecule has 0 aliphatic carbocycles. The quantitative estimate of drug-likeness (QED) is 0.834. The van der Waals surface area contributed by atoms with Gasteiger partial charge in [0.2, 0.25) is 0 Å². The summed E-state index contributed by atoms with van der Waals surface area (Å²) in [6, 6.07) is 12.1. The monoisotopic (exact) mass is 253 g/mol. The van der Waals surface area contributed by atoms with Crippen LogP contribution < -0.4 is 10.5 Å². The summed E-state index contributed by atoms with van der Waals surface area (Å²) in [5.41, 5.74) is 6.37. The number of hydrogen-bond acceptors (Lipinski definition) is 4. The van der Waals surface area contributed by atoms with E-state index in [1.54, 1.807) is 0 Å². The normalized spacial score (nSPS) is 9.42. The maximum atomic E-state index is 13.6. The van der Waals surface area contributed by atoms with E-state index in [4.69, 9.17) is 21.0 Å². The van der Waals surface area contributed by atoms with Gasteiger partial charge in [-0.15, -0.1) is 0 Å². The number of nitrogens with two attached hydrogens (primary N) is 1. The molecule has 0 aliphatic rings. The van der Waals surface area contributed by atoms with Gasteiger partial charge in [0.1, 0.15) is 11.8 Å². The highest BCUT2D eigenvalue weighted by Crippen LogP contribution is 2.27. The van der Waals surface area contributed by atoms with E-state index in [2.05, 4.69) is 0 Å². The van der Waals surface area contributed by atoms with E-state index < -0.39 is 5.82 Å². The number of anilines is 1. The van der Waals surface area contributed by atoms with E-state index in [-0.39, 0.29) is 16.9 Å². The third-order valence-corrected chi connectivity index (χ3v) is 2.43. The Morgan fingerprint density at radius 1 is 1.05 bits per heavy atom. The number of nitriles is 2. The average molecular weight is 253 g/mol. The van der Waals surface area contributed by atoms with Crippen molar-refractivity contribution in [1.29, 1.82) is 10.5 Å². The first-order valence-corrected chi connectivity index (χ1v) is 5.31. The molecule has 0 amide bonds. The van der Waals surface area contributed by atoms with Gasteiger partial charge in [-0.05, 0) is 30.3 Å². The largest absolute Gasteiger partial charge is 0.454 e. The van der Waals surface area contributed by atoms with Crippen LogP contribution in [0, 0.1) is 28.5 Å². The van der Waals surface area contributed by atoms with Crippen LogP contribution in [0.4, 0.5) is 10.1 Å². The highest BCUT2D eigenvalue weighted by molar-refractivity contribution is 5.57. The van der Waals surface area contributed by atoms with Crippen molar-refractivity contribution in [1.82, 2.24) is 0 Å². The number of benzene rings is 2. The van der Waals surface area contributed by atoms with Gasteiger partial charge < -0.3 is 10.5 Å². The molecule has 0 unspecified atom stereocenters. The summed E-state index contributed by atoms with van der Waals surface area (Å²) in [7, 11) is 0. The zero-order valence-electron chi connectivity index (χ0n) is 9.72. The Labute approximate surface area is 109 Å². The van der Waals surface area contributed by atoms with Crippen molar-refractivity contribution < 1.29 is 9.13 Å². The van der Waals surface area contributed by atoms with Gasteiger partial charge in [0.05, 0.1) is 17.2 Å². The first-order valence-electron chi connectivity index (χ1n) is 5.31. The lowest BCUT2D eigenvalue weighted by molar-refractivity contribution is 0.442. The minimum absolute atomic E-state index is 0.0207. The van der Waals surface area contributed by atoms with Crippen LogP contribution in [0.25, 0.3) is 0 Å². The SMILES string of the molecule is N#Cc1ccc(Oc2ccc(N)c(C#N)c2)c(F)c1. The predicted molar refractivity (Wildman–Crippen MR) is 66.8 cm³/mol. The summed E-state index contributed by atoms with van der Waals surface area (Å²) >= 11 is 0. The molecule has 2 aromatic carbocycles. The van der Waals surface area contributed by atoms with Crippen molar-refractivity contribution in [2.45, 2.75) is 0 Å². The fourth-order valence-corrected chi connectivity index (χ4v) is 1.48. The molecule has 2 N–H and O–H groups in total. The summed E-state index contributed by atoms with van der Waals surface area (Å²) in [6.07, 6.45) is 0. The van der Waals surface area contributed by atoms with Gasteiger partial charge in [-0.2, -0.15) is 10.5 Å². The zero-order chi connectivity index (χ0) is 13.8. The Morgan fingerprint density at radius 2 is 1.84 bits per heavy atom. The molecule has 4 nitrogen and oxygen atoms in total. The molecule has 5 heteroatoms. The van der Waals surface area contributed by atoms with Crippen molar-refractivity contribution in [3.05, 3.63) is 53.3 Å². The molecule has 0 atom stereocenters. The zero-order valence-corrected chi connectivity index (χ0v) is 9.72. The van der Waals surface area contributed by atoms with E-state index in [0.717, 1.165) is 6.07 Å². The Balaban J connectivity index is 2.32. The van der Waals surface area contributed by atoms with Crippen LogP contribution in [0.3, 0.4) is 0 Å². The van der Waals surface area contributed by atoms with Gasteiger partial charge in [-0.3, -0.25) is 0 Å². The summed E-state index contributed by atoms with van der Waals surface area (Å²) in [5.74, 6) is -0.364. The van der Waals surface area contributed by atoms with Crippen LogP contribution in [-0.4, -0.2) is 0 Å². The Hall–Kier alpha value is -3.05. The number of nitrogens with zero attached hydrogens (tertiary/aromatic N) is 2. The van der Waals surface area contributed by atoms with Gasteiger partial charge in [0.25, 0.3) is 0 Å². The summed E-state index contributed by atoms with van der Waals surface area (Å²) in [5, 5.41) is 17.5. The minimum atomic E-state index is -0.644. The third-order valence-electron chi connectivity index (χ3n) is 2.43. The van der Waals surface area contributed by atoms with E-state index in [1.807, 2.05) is 12.1 Å².